The van der Waals surface area contributed by atoms with E-state index < -0.39 is 16.1 Å². The Balaban J connectivity index is 1.46. The van der Waals surface area contributed by atoms with Crippen LogP contribution in [0.1, 0.15) is 12.0 Å². The van der Waals surface area contributed by atoms with Gasteiger partial charge in [-0.05, 0) is 42.8 Å². The van der Waals surface area contributed by atoms with E-state index in [-0.39, 0.29) is 23.1 Å². The molecule has 2 aromatic carbocycles. The molecule has 2 saturated heterocycles. The SMILES string of the molecule is Cc1ccccc1N1C(=O)C[C@@H]([NH+]2CCN(S(=O)(=O)c3ccc(Cl)cc3)CC2)C1=O. The zero-order valence-corrected chi connectivity index (χ0v) is 18.1. The van der Waals surface area contributed by atoms with Crippen LogP contribution in [0.15, 0.2) is 53.4 Å². The molecule has 30 heavy (non-hydrogen) atoms. The lowest BCUT2D eigenvalue weighted by Crippen LogP contribution is -3.19. The van der Waals surface area contributed by atoms with Crippen molar-refractivity contribution in [1.82, 2.24) is 4.31 Å². The molecular formula is C21H23ClN3O4S+. The molecule has 7 nitrogen and oxygen atoms in total. The van der Waals surface area contributed by atoms with Crippen LogP contribution in [0, 0.1) is 6.92 Å². The van der Waals surface area contributed by atoms with Gasteiger partial charge in [-0.1, -0.05) is 29.8 Å². The molecule has 0 spiro atoms. The number of imide groups is 1. The molecule has 0 unspecified atom stereocenters. The highest BCUT2D eigenvalue weighted by molar-refractivity contribution is 7.89. The number of carbonyl (C=O) groups is 2. The van der Waals surface area contributed by atoms with E-state index in [9.17, 15) is 18.0 Å². The van der Waals surface area contributed by atoms with Crippen molar-refractivity contribution in [2.75, 3.05) is 31.1 Å². The Morgan fingerprint density at radius 1 is 1.00 bits per heavy atom. The molecule has 2 fully saturated rings. The number of rotatable bonds is 4. The summed E-state index contributed by atoms with van der Waals surface area (Å²) in [6, 6.07) is 13.0. The zero-order valence-electron chi connectivity index (χ0n) is 16.5. The number of quaternary nitrogens is 1. The highest BCUT2D eigenvalue weighted by Gasteiger charge is 2.47. The summed E-state index contributed by atoms with van der Waals surface area (Å²) in [5.41, 5.74) is 1.49. The van der Waals surface area contributed by atoms with Crippen molar-refractivity contribution in [3.8, 4) is 0 Å². The number of aryl methyl sites for hydroxylation is 1. The van der Waals surface area contributed by atoms with E-state index in [0.29, 0.717) is 36.9 Å². The first-order valence-electron chi connectivity index (χ1n) is 9.82. The second-order valence-electron chi connectivity index (χ2n) is 7.63. The predicted molar refractivity (Wildman–Crippen MR) is 113 cm³/mol. The number of piperazine rings is 1. The summed E-state index contributed by atoms with van der Waals surface area (Å²) in [5.74, 6) is -0.415. The Kier molecular flexibility index (Phi) is 5.67. The molecule has 0 aliphatic carbocycles. The average Bonchev–Trinajstić information content (AvgIpc) is 3.03. The molecular weight excluding hydrogens is 426 g/mol. The largest absolute Gasteiger partial charge is 0.322 e. The van der Waals surface area contributed by atoms with Crippen LogP contribution in [0.2, 0.25) is 5.02 Å². The van der Waals surface area contributed by atoms with Gasteiger partial charge in [0.15, 0.2) is 6.04 Å². The standard InChI is InChI=1S/C21H22ClN3O4S/c1-15-4-2-3-5-18(15)25-20(26)14-19(21(25)27)23-10-12-24(13-11-23)30(28,29)17-8-6-16(22)7-9-17/h2-9,19H,10-14H2,1H3/p+1/t19-/m1/s1. The van der Waals surface area contributed by atoms with Crippen molar-refractivity contribution in [3.05, 3.63) is 59.1 Å². The Morgan fingerprint density at radius 2 is 1.63 bits per heavy atom. The van der Waals surface area contributed by atoms with E-state index in [1.807, 2.05) is 25.1 Å². The minimum atomic E-state index is -3.61. The van der Waals surface area contributed by atoms with Crippen molar-refractivity contribution in [2.45, 2.75) is 24.3 Å². The molecule has 158 valence electrons. The van der Waals surface area contributed by atoms with E-state index in [4.69, 9.17) is 11.6 Å². The first kappa shape index (κ1) is 21.0. The van der Waals surface area contributed by atoms with Gasteiger partial charge in [0.25, 0.3) is 5.91 Å². The molecule has 2 amide bonds. The maximum Gasteiger partial charge on any atom is 0.292 e. The molecule has 1 N–H and O–H groups in total. The third-order valence-corrected chi connectivity index (χ3v) is 7.98. The average molecular weight is 449 g/mol. The van der Waals surface area contributed by atoms with E-state index in [1.54, 1.807) is 18.2 Å². The molecule has 2 aliphatic heterocycles. The number of nitrogens with zero attached hydrogens (tertiary/aromatic N) is 2. The summed E-state index contributed by atoms with van der Waals surface area (Å²) >= 11 is 5.86. The number of anilines is 1. The molecule has 0 bridgehead atoms. The second kappa shape index (κ2) is 8.11. The highest BCUT2D eigenvalue weighted by atomic mass is 35.5. The number of hydrogen-bond acceptors (Lipinski definition) is 4. The van der Waals surface area contributed by atoms with Crippen molar-refractivity contribution >= 4 is 39.1 Å². The van der Waals surface area contributed by atoms with Crippen LogP contribution in [0.4, 0.5) is 5.69 Å². The van der Waals surface area contributed by atoms with Crippen LogP contribution in [-0.2, 0) is 19.6 Å². The number of hydrogen-bond donors (Lipinski definition) is 1. The number of halogens is 1. The molecule has 0 saturated carbocycles. The summed E-state index contributed by atoms with van der Waals surface area (Å²) in [5, 5.41) is 0.478. The minimum absolute atomic E-state index is 0.145. The van der Waals surface area contributed by atoms with Gasteiger partial charge < -0.3 is 4.90 Å². The van der Waals surface area contributed by atoms with Gasteiger partial charge in [0.1, 0.15) is 0 Å². The van der Waals surface area contributed by atoms with E-state index in [0.717, 1.165) is 10.5 Å². The molecule has 0 radical (unpaired) electrons. The van der Waals surface area contributed by atoms with Crippen LogP contribution >= 0.6 is 11.6 Å². The van der Waals surface area contributed by atoms with Gasteiger partial charge >= 0.3 is 0 Å². The number of benzene rings is 2. The number of amides is 2. The lowest BCUT2D eigenvalue weighted by atomic mass is 10.1. The minimum Gasteiger partial charge on any atom is -0.322 e. The topological polar surface area (TPSA) is 79.2 Å². The molecule has 2 heterocycles. The molecule has 1 atom stereocenters. The fourth-order valence-corrected chi connectivity index (χ4v) is 5.70. The first-order valence-corrected chi connectivity index (χ1v) is 11.6. The van der Waals surface area contributed by atoms with Crippen molar-refractivity contribution in [3.63, 3.8) is 0 Å². The smallest absolute Gasteiger partial charge is 0.292 e. The van der Waals surface area contributed by atoms with Gasteiger partial charge in [0, 0.05) is 5.02 Å². The maximum absolute atomic E-state index is 13.0. The fourth-order valence-electron chi connectivity index (χ4n) is 4.14. The Labute approximate surface area is 180 Å². The first-order chi connectivity index (χ1) is 14.3. The van der Waals surface area contributed by atoms with E-state index >= 15 is 0 Å². The highest BCUT2D eigenvalue weighted by Crippen LogP contribution is 2.25. The van der Waals surface area contributed by atoms with Crippen molar-refractivity contribution < 1.29 is 22.9 Å². The van der Waals surface area contributed by atoms with Crippen LogP contribution in [0.5, 0.6) is 0 Å². The van der Waals surface area contributed by atoms with Crippen LogP contribution < -0.4 is 9.80 Å². The maximum atomic E-state index is 13.0. The molecule has 2 aromatic rings. The third kappa shape index (κ3) is 3.76. The monoisotopic (exact) mass is 448 g/mol. The lowest BCUT2D eigenvalue weighted by molar-refractivity contribution is -0.918. The summed E-state index contributed by atoms with van der Waals surface area (Å²) < 4.78 is 27.2. The number of sulfonamides is 1. The summed E-state index contributed by atoms with van der Waals surface area (Å²) in [4.78, 5) is 28.1. The quantitative estimate of drug-likeness (QED) is 0.704. The zero-order chi connectivity index (χ0) is 21.5. The number of carbonyl (C=O) groups excluding carboxylic acids is 2. The van der Waals surface area contributed by atoms with E-state index in [2.05, 4.69) is 0 Å². The van der Waals surface area contributed by atoms with Gasteiger partial charge in [-0.15, -0.1) is 0 Å². The van der Waals surface area contributed by atoms with Gasteiger partial charge in [-0.3, -0.25) is 9.59 Å². The summed E-state index contributed by atoms with van der Waals surface area (Å²) in [7, 11) is -3.61. The molecule has 2 aliphatic rings. The Bertz CT molecular complexity index is 1080. The molecule has 0 aromatic heterocycles. The van der Waals surface area contributed by atoms with Crippen LogP contribution in [-0.4, -0.2) is 56.8 Å². The Hall–Kier alpha value is -2.26. The van der Waals surface area contributed by atoms with Crippen molar-refractivity contribution in [1.29, 1.82) is 0 Å². The van der Waals surface area contributed by atoms with Crippen LogP contribution in [0.25, 0.3) is 0 Å². The Morgan fingerprint density at radius 3 is 2.27 bits per heavy atom. The fraction of sp³-hybridized carbons (Fsp3) is 0.333. The van der Waals surface area contributed by atoms with Gasteiger partial charge in [-0.2, -0.15) is 4.31 Å². The second-order valence-corrected chi connectivity index (χ2v) is 10.0. The summed E-state index contributed by atoms with van der Waals surface area (Å²) in [6.45, 7) is 3.40. The number of para-hydroxylation sites is 1. The van der Waals surface area contributed by atoms with E-state index in [1.165, 1.54) is 21.3 Å². The summed E-state index contributed by atoms with van der Waals surface area (Å²) in [6.07, 6.45) is 0.145. The lowest BCUT2D eigenvalue weighted by Gasteiger charge is -2.33. The molecule has 4 rings (SSSR count). The normalized spacial score (nSPS) is 21.4. The van der Waals surface area contributed by atoms with Crippen LogP contribution in [0.3, 0.4) is 0 Å². The predicted octanol–water partition coefficient (Wildman–Crippen LogP) is 0.870. The number of nitrogens with one attached hydrogen (secondary N) is 1. The van der Waals surface area contributed by atoms with Gasteiger partial charge in [0.2, 0.25) is 15.9 Å². The molecule has 9 heteroatoms. The van der Waals surface area contributed by atoms with Gasteiger partial charge in [-0.25, -0.2) is 13.3 Å². The third-order valence-electron chi connectivity index (χ3n) is 5.81. The van der Waals surface area contributed by atoms with Crippen molar-refractivity contribution in [2.24, 2.45) is 0 Å². The van der Waals surface area contributed by atoms with Gasteiger partial charge in [0.05, 0.1) is 43.2 Å².